The maximum atomic E-state index is 12.4. The fraction of sp³-hybridized carbons (Fsp3) is 0.316. The number of phenolic OH excluding ortho intramolecular Hbond substituents is 3. The smallest absolute Gasteiger partial charge is 0.200 e. The van der Waals surface area contributed by atoms with Crippen molar-refractivity contribution in [1.29, 1.82) is 0 Å². The molecule has 0 saturated heterocycles. The van der Waals surface area contributed by atoms with Gasteiger partial charge in [-0.25, -0.2) is 0 Å². The molecule has 2 aromatic carbocycles. The molecule has 4 nitrogen and oxygen atoms in total. The van der Waals surface area contributed by atoms with Gasteiger partial charge in [-0.15, -0.1) is 0 Å². The van der Waals surface area contributed by atoms with E-state index < -0.39 is 5.78 Å². The Kier molecular flexibility index (Phi) is 5.63. The zero-order valence-electron chi connectivity index (χ0n) is 13.2. The summed E-state index contributed by atoms with van der Waals surface area (Å²) in [5.41, 5.74) is 1.18. The highest BCUT2D eigenvalue weighted by Crippen LogP contribution is 2.28. The summed E-state index contributed by atoms with van der Waals surface area (Å²) in [5.74, 6) is -0.989. The van der Waals surface area contributed by atoms with Crippen molar-refractivity contribution in [1.82, 2.24) is 0 Å². The first-order valence-corrected chi connectivity index (χ1v) is 7.91. The molecule has 2 aromatic rings. The van der Waals surface area contributed by atoms with Gasteiger partial charge in [0.2, 0.25) is 0 Å². The summed E-state index contributed by atoms with van der Waals surface area (Å²) in [6.45, 7) is 2.16. The zero-order valence-corrected chi connectivity index (χ0v) is 13.2. The molecule has 4 heteroatoms. The van der Waals surface area contributed by atoms with Gasteiger partial charge in [0.15, 0.2) is 5.78 Å². The lowest BCUT2D eigenvalue weighted by molar-refractivity contribution is 0.103. The fourth-order valence-electron chi connectivity index (χ4n) is 2.54. The molecule has 3 N–H and O–H groups in total. The van der Waals surface area contributed by atoms with E-state index in [0.717, 1.165) is 30.9 Å². The summed E-state index contributed by atoms with van der Waals surface area (Å²) in [7, 11) is 0. The van der Waals surface area contributed by atoms with Gasteiger partial charge in [0.05, 0.1) is 11.1 Å². The van der Waals surface area contributed by atoms with Crippen molar-refractivity contribution in [2.75, 3.05) is 0 Å². The molecule has 0 saturated carbocycles. The van der Waals surface area contributed by atoms with E-state index in [-0.39, 0.29) is 28.4 Å². The second-order valence-electron chi connectivity index (χ2n) is 5.69. The third-order valence-corrected chi connectivity index (χ3v) is 3.85. The minimum atomic E-state index is -0.475. The van der Waals surface area contributed by atoms with Gasteiger partial charge < -0.3 is 15.3 Å². The number of carbonyl (C=O) groups is 1. The SMILES string of the molecule is CCCCCCc1ccc(C(=O)c2ccc(O)cc2O)c(O)c1. The number of benzene rings is 2. The number of ketones is 1. The summed E-state index contributed by atoms with van der Waals surface area (Å²) in [5, 5.41) is 29.2. The van der Waals surface area contributed by atoms with Crippen LogP contribution in [0.5, 0.6) is 17.2 Å². The van der Waals surface area contributed by atoms with E-state index in [9.17, 15) is 20.1 Å². The average Bonchev–Trinajstić information content (AvgIpc) is 2.51. The lowest BCUT2D eigenvalue weighted by atomic mass is 9.98. The number of hydrogen-bond donors (Lipinski definition) is 3. The van der Waals surface area contributed by atoms with Crippen LogP contribution in [0.25, 0.3) is 0 Å². The molecule has 0 aliphatic carbocycles. The van der Waals surface area contributed by atoms with Crippen molar-refractivity contribution < 1.29 is 20.1 Å². The van der Waals surface area contributed by atoms with Gasteiger partial charge in [-0.05, 0) is 42.7 Å². The lowest BCUT2D eigenvalue weighted by Crippen LogP contribution is -2.02. The second kappa shape index (κ2) is 7.68. The molecule has 0 unspecified atom stereocenters. The standard InChI is InChI=1S/C19H22O4/c1-2-3-4-5-6-13-7-9-15(17(21)11-13)19(23)16-10-8-14(20)12-18(16)22/h7-12,20-22H,2-6H2,1H3. The van der Waals surface area contributed by atoms with Crippen LogP contribution >= 0.6 is 0 Å². The predicted molar refractivity (Wildman–Crippen MR) is 89.2 cm³/mol. The van der Waals surface area contributed by atoms with E-state index >= 15 is 0 Å². The fourth-order valence-corrected chi connectivity index (χ4v) is 2.54. The summed E-state index contributed by atoms with van der Waals surface area (Å²) < 4.78 is 0. The highest BCUT2D eigenvalue weighted by atomic mass is 16.3. The number of hydrogen-bond acceptors (Lipinski definition) is 4. The number of phenols is 3. The topological polar surface area (TPSA) is 77.8 Å². The molecule has 0 aliphatic rings. The van der Waals surface area contributed by atoms with Crippen molar-refractivity contribution in [3.8, 4) is 17.2 Å². The number of aromatic hydroxyl groups is 3. The first kappa shape index (κ1) is 16.9. The van der Waals surface area contributed by atoms with Crippen molar-refractivity contribution in [2.24, 2.45) is 0 Å². The van der Waals surface area contributed by atoms with Gasteiger partial charge in [0.25, 0.3) is 0 Å². The molecule has 0 heterocycles. The van der Waals surface area contributed by atoms with Gasteiger partial charge >= 0.3 is 0 Å². The molecule has 23 heavy (non-hydrogen) atoms. The Morgan fingerprint density at radius 3 is 2.13 bits per heavy atom. The molecule has 122 valence electrons. The van der Waals surface area contributed by atoms with E-state index in [1.165, 1.54) is 25.0 Å². The number of carbonyl (C=O) groups excluding carboxylic acids is 1. The summed E-state index contributed by atoms with van der Waals surface area (Å²) in [4.78, 5) is 12.4. The predicted octanol–water partition coefficient (Wildman–Crippen LogP) is 4.16. The van der Waals surface area contributed by atoms with Crippen LogP contribution in [0.1, 0.15) is 54.1 Å². The lowest BCUT2D eigenvalue weighted by Gasteiger charge is -2.08. The molecule has 0 amide bonds. The van der Waals surface area contributed by atoms with Gasteiger partial charge in [-0.3, -0.25) is 4.79 Å². The van der Waals surface area contributed by atoms with E-state index in [4.69, 9.17) is 0 Å². The van der Waals surface area contributed by atoms with Crippen LogP contribution in [0.15, 0.2) is 36.4 Å². The third kappa shape index (κ3) is 4.25. The summed E-state index contributed by atoms with van der Waals surface area (Å²) >= 11 is 0. The Morgan fingerprint density at radius 1 is 0.870 bits per heavy atom. The van der Waals surface area contributed by atoms with Crippen LogP contribution in [0.3, 0.4) is 0 Å². The Morgan fingerprint density at radius 2 is 1.52 bits per heavy atom. The van der Waals surface area contributed by atoms with Crippen LogP contribution in [-0.4, -0.2) is 21.1 Å². The molecule has 0 aromatic heterocycles. The minimum absolute atomic E-state index is 0.0498. The Hall–Kier alpha value is -2.49. The van der Waals surface area contributed by atoms with E-state index in [0.29, 0.717) is 0 Å². The van der Waals surface area contributed by atoms with Gasteiger partial charge in [0, 0.05) is 6.07 Å². The monoisotopic (exact) mass is 314 g/mol. The molecule has 0 radical (unpaired) electrons. The first-order chi connectivity index (χ1) is 11.0. The van der Waals surface area contributed by atoms with Crippen LogP contribution in [-0.2, 0) is 6.42 Å². The Balaban J connectivity index is 2.15. The first-order valence-electron chi connectivity index (χ1n) is 7.91. The minimum Gasteiger partial charge on any atom is -0.508 e. The maximum absolute atomic E-state index is 12.4. The number of aryl methyl sites for hydroxylation is 1. The van der Waals surface area contributed by atoms with Crippen molar-refractivity contribution in [2.45, 2.75) is 39.0 Å². The quantitative estimate of drug-likeness (QED) is 0.530. The number of unbranched alkanes of at least 4 members (excludes halogenated alkanes) is 3. The Bertz CT molecular complexity index is 692. The summed E-state index contributed by atoms with van der Waals surface area (Å²) in [6, 6.07) is 8.79. The molecule has 0 fully saturated rings. The molecule has 0 bridgehead atoms. The normalized spacial score (nSPS) is 10.7. The average molecular weight is 314 g/mol. The highest BCUT2D eigenvalue weighted by molar-refractivity contribution is 6.12. The van der Waals surface area contributed by atoms with Gasteiger partial charge in [0.1, 0.15) is 17.2 Å². The van der Waals surface area contributed by atoms with E-state index in [2.05, 4.69) is 6.92 Å². The molecule has 0 aliphatic heterocycles. The van der Waals surface area contributed by atoms with E-state index in [1.54, 1.807) is 12.1 Å². The van der Waals surface area contributed by atoms with Gasteiger partial charge in [-0.1, -0.05) is 32.3 Å². The van der Waals surface area contributed by atoms with Gasteiger partial charge in [-0.2, -0.15) is 0 Å². The Labute approximate surface area is 136 Å². The molecule has 0 spiro atoms. The van der Waals surface area contributed by atoms with Crippen molar-refractivity contribution in [3.05, 3.63) is 53.1 Å². The van der Waals surface area contributed by atoms with Crippen LogP contribution < -0.4 is 0 Å². The molecular weight excluding hydrogens is 292 g/mol. The molecular formula is C19H22O4. The van der Waals surface area contributed by atoms with Crippen LogP contribution in [0.2, 0.25) is 0 Å². The maximum Gasteiger partial charge on any atom is 0.200 e. The zero-order chi connectivity index (χ0) is 16.8. The van der Waals surface area contributed by atoms with Crippen LogP contribution in [0.4, 0.5) is 0 Å². The second-order valence-corrected chi connectivity index (χ2v) is 5.69. The summed E-state index contributed by atoms with van der Waals surface area (Å²) in [6.07, 6.45) is 5.45. The van der Waals surface area contributed by atoms with Crippen molar-refractivity contribution >= 4 is 5.78 Å². The number of rotatable bonds is 7. The third-order valence-electron chi connectivity index (χ3n) is 3.85. The molecule has 2 rings (SSSR count). The largest absolute Gasteiger partial charge is 0.508 e. The van der Waals surface area contributed by atoms with Crippen LogP contribution in [0, 0.1) is 0 Å². The molecule has 0 atom stereocenters. The highest BCUT2D eigenvalue weighted by Gasteiger charge is 2.17. The van der Waals surface area contributed by atoms with E-state index in [1.807, 2.05) is 6.07 Å². The van der Waals surface area contributed by atoms with Crippen molar-refractivity contribution in [3.63, 3.8) is 0 Å².